The molecule has 1 aliphatic rings. The minimum atomic E-state index is 0.141. The lowest BCUT2D eigenvalue weighted by molar-refractivity contribution is -0.119. The number of anilines is 1. The second kappa shape index (κ2) is 10.8. The Bertz CT molecular complexity index is 847. The highest BCUT2D eigenvalue weighted by atomic mass is 16.5. The van der Waals surface area contributed by atoms with E-state index in [4.69, 9.17) is 4.52 Å². The minimum Gasteiger partial charge on any atom is -0.361 e. The van der Waals surface area contributed by atoms with Crippen LogP contribution in [0.3, 0.4) is 0 Å². The number of aliphatic imine (C=N–C) groups is 1. The first-order chi connectivity index (χ1) is 14.6. The molecular formula is C23H33N5O2. The van der Waals surface area contributed by atoms with Crippen LogP contribution in [0.5, 0.6) is 0 Å². The number of carbonyl (C=O) groups excluding carboxylic acids is 1. The first-order valence-electron chi connectivity index (χ1n) is 10.9. The van der Waals surface area contributed by atoms with Gasteiger partial charge < -0.3 is 20.5 Å². The van der Waals surface area contributed by atoms with E-state index in [0.29, 0.717) is 19.0 Å². The van der Waals surface area contributed by atoms with Crippen LogP contribution < -0.4 is 16.0 Å². The Balaban J connectivity index is 1.53. The van der Waals surface area contributed by atoms with Gasteiger partial charge in [-0.1, -0.05) is 44.0 Å². The molecule has 1 aromatic carbocycles. The third-order valence-corrected chi connectivity index (χ3v) is 5.64. The van der Waals surface area contributed by atoms with Crippen molar-refractivity contribution in [1.82, 2.24) is 15.8 Å². The molecule has 162 valence electrons. The number of amides is 1. The van der Waals surface area contributed by atoms with Gasteiger partial charge in [0.2, 0.25) is 5.91 Å². The third kappa shape index (κ3) is 5.62. The molecule has 1 aliphatic carbocycles. The van der Waals surface area contributed by atoms with Gasteiger partial charge in [0.25, 0.3) is 0 Å². The van der Waals surface area contributed by atoms with Crippen molar-refractivity contribution in [3.05, 3.63) is 46.8 Å². The first-order valence-corrected chi connectivity index (χ1v) is 10.9. The predicted octanol–water partition coefficient (Wildman–Crippen LogP) is 3.79. The van der Waals surface area contributed by atoms with Crippen molar-refractivity contribution in [2.24, 2.45) is 10.9 Å². The Morgan fingerprint density at radius 2 is 1.93 bits per heavy atom. The number of hydrogen-bond acceptors (Lipinski definition) is 4. The van der Waals surface area contributed by atoms with Gasteiger partial charge in [0.05, 0.1) is 5.69 Å². The van der Waals surface area contributed by atoms with Gasteiger partial charge in [-0.15, -0.1) is 0 Å². The predicted molar refractivity (Wildman–Crippen MR) is 119 cm³/mol. The Hall–Kier alpha value is -2.83. The monoisotopic (exact) mass is 411 g/mol. The Morgan fingerprint density at radius 1 is 1.17 bits per heavy atom. The summed E-state index contributed by atoms with van der Waals surface area (Å²) < 4.78 is 5.43. The molecule has 0 radical (unpaired) electrons. The molecule has 0 aliphatic heterocycles. The van der Waals surface area contributed by atoms with Crippen LogP contribution in [0.15, 0.2) is 33.8 Å². The molecule has 2 aromatic rings. The van der Waals surface area contributed by atoms with Gasteiger partial charge >= 0.3 is 0 Å². The minimum absolute atomic E-state index is 0.141. The summed E-state index contributed by atoms with van der Waals surface area (Å²) in [5, 5.41) is 13.9. The number of carbonyl (C=O) groups is 1. The fourth-order valence-electron chi connectivity index (χ4n) is 3.91. The Morgan fingerprint density at radius 3 is 2.63 bits per heavy atom. The van der Waals surface area contributed by atoms with Crippen LogP contribution in [0.2, 0.25) is 0 Å². The van der Waals surface area contributed by atoms with Gasteiger partial charge in [0, 0.05) is 43.7 Å². The van der Waals surface area contributed by atoms with Crippen molar-refractivity contribution in [2.75, 3.05) is 12.4 Å². The fourth-order valence-corrected chi connectivity index (χ4v) is 3.91. The van der Waals surface area contributed by atoms with Crippen LogP contribution >= 0.6 is 0 Å². The maximum absolute atomic E-state index is 12.4. The summed E-state index contributed by atoms with van der Waals surface area (Å²) in [7, 11) is 1.75. The van der Waals surface area contributed by atoms with Gasteiger partial charge in [-0.05, 0) is 37.0 Å². The van der Waals surface area contributed by atoms with Gasteiger partial charge in [-0.25, -0.2) is 0 Å². The second-order valence-electron chi connectivity index (χ2n) is 7.69. The zero-order valence-corrected chi connectivity index (χ0v) is 18.3. The van der Waals surface area contributed by atoms with Gasteiger partial charge in [0.15, 0.2) is 5.96 Å². The lowest BCUT2D eigenvalue weighted by Gasteiger charge is -2.14. The van der Waals surface area contributed by atoms with Crippen molar-refractivity contribution in [1.29, 1.82) is 0 Å². The molecule has 0 spiro atoms. The van der Waals surface area contributed by atoms with Crippen LogP contribution in [-0.4, -0.2) is 24.1 Å². The Labute approximate surface area is 178 Å². The molecule has 7 nitrogen and oxygen atoms in total. The lowest BCUT2D eigenvalue weighted by atomic mass is 10.1. The van der Waals surface area contributed by atoms with E-state index >= 15 is 0 Å². The molecular weight excluding hydrogens is 378 g/mol. The average molecular weight is 412 g/mol. The second-order valence-corrected chi connectivity index (χ2v) is 7.69. The summed E-state index contributed by atoms with van der Waals surface area (Å²) in [5.74, 6) is 1.93. The number of aromatic nitrogens is 1. The number of rotatable bonds is 8. The number of nitrogens with zero attached hydrogens (tertiary/aromatic N) is 2. The first kappa shape index (κ1) is 21.9. The van der Waals surface area contributed by atoms with Gasteiger partial charge in [-0.3, -0.25) is 9.79 Å². The largest absolute Gasteiger partial charge is 0.361 e. The maximum atomic E-state index is 12.4. The van der Waals surface area contributed by atoms with Crippen LogP contribution in [0, 0.1) is 5.92 Å². The van der Waals surface area contributed by atoms with Crippen LogP contribution in [0.25, 0.3) is 0 Å². The van der Waals surface area contributed by atoms with E-state index < -0.39 is 0 Å². The number of benzene rings is 1. The third-order valence-electron chi connectivity index (χ3n) is 5.64. The van der Waals surface area contributed by atoms with Crippen molar-refractivity contribution < 1.29 is 9.32 Å². The van der Waals surface area contributed by atoms with Crippen molar-refractivity contribution in [2.45, 2.75) is 65.5 Å². The molecule has 7 heteroatoms. The molecule has 3 rings (SSSR count). The zero-order chi connectivity index (χ0) is 21.3. The summed E-state index contributed by atoms with van der Waals surface area (Å²) in [5.41, 5.74) is 4.02. The number of nitrogens with one attached hydrogen (secondary N) is 3. The molecule has 1 aromatic heterocycles. The summed E-state index contributed by atoms with van der Waals surface area (Å²) in [6.45, 7) is 5.37. The van der Waals surface area contributed by atoms with E-state index in [1.165, 1.54) is 0 Å². The summed E-state index contributed by atoms with van der Waals surface area (Å²) in [6, 6.07) is 7.96. The van der Waals surface area contributed by atoms with Gasteiger partial charge in [0.1, 0.15) is 5.76 Å². The molecule has 3 N–H and O–H groups in total. The molecule has 1 amide bonds. The molecule has 1 saturated carbocycles. The highest BCUT2D eigenvalue weighted by molar-refractivity contribution is 5.92. The summed E-state index contributed by atoms with van der Waals surface area (Å²) >= 11 is 0. The number of hydrogen-bond donors (Lipinski definition) is 3. The summed E-state index contributed by atoms with van der Waals surface area (Å²) in [4.78, 5) is 16.7. The van der Waals surface area contributed by atoms with E-state index in [0.717, 1.165) is 66.8 Å². The van der Waals surface area contributed by atoms with Crippen molar-refractivity contribution in [3.63, 3.8) is 0 Å². The van der Waals surface area contributed by atoms with Gasteiger partial charge in [-0.2, -0.15) is 0 Å². The van der Waals surface area contributed by atoms with Crippen LogP contribution in [-0.2, 0) is 30.7 Å². The maximum Gasteiger partial charge on any atom is 0.227 e. The normalized spacial score (nSPS) is 14.7. The van der Waals surface area contributed by atoms with E-state index in [2.05, 4.69) is 39.9 Å². The Kier molecular flexibility index (Phi) is 7.88. The SMILES string of the molecule is CCc1noc(CC)c1CNC(=NC)NCc1cccc(NC(=O)C2CCCC2)c1. The molecule has 30 heavy (non-hydrogen) atoms. The van der Waals surface area contributed by atoms with Crippen molar-refractivity contribution in [3.8, 4) is 0 Å². The molecule has 0 bridgehead atoms. The van der Waals surface area contributed by atoms with E-state index in [1.807, 2.05) is 24.3 Å². The number of guanidine groups is 1. The standard InChI is InChI=1S/C23H33N5O2/c1-4-20-19(21(5-2)30-28-20)15-26-23(24-3)25-14-16-9-8-12-18(13-16)27-22(29)17-10-6-7-11-17/h8-9,12-13,17H,4-7,10-11,14-15H2,1-3H3,(H,27,29)(H2,24,25,26). The van der Waals surface area contributed by atoms with E-state index in [1.54, 1.807) is 7.05 Å². The van der Waals surface area contributed by atoms with Crippen LogP contribution in [0.1, 0.15) is 62.1 Å². The topological polar surface area (TPSA) is 91.6 Å². The van der Waals surface area contributed by atoms with E-state index in [-0.39, 0.29) is 11.8 Å². The smallest absolute Gasteiger partial charge is 0.227 e. The molecule has 0 saturated heterocycles. The van der Waals surface area contributed by atoms with Crippen LogP contribution in [0.4, 0.5) is 5.69 Å². The van der Waals surface area contributed by atoms with Crippen molar-refractivity contribution >= 4 is 17.6 Å². The zero-order valence-electron chi connectivity index (χ0n) is 18.3. The average Bonchev–Trinajstić information content (AvgIpc) is 3.44. The molecule has 0 unspecified atom stereocenters. The molecule has 1 heterocycles. The number of aryl methyl sites for hydroxylation is 2. The quantitative estimate of drug-likeness (QED) is 0.454. The summed E-state index contributed by atoms with van der Waals surface area (Å²) in [6.07, 6.45) is 5.97. The highest BCUT2D eigenvalue weighted by Gasteiger charge is 2.22. The fraction of sp³-hybridized carbons (Fsp3) is 0.522. The molecule has 0 atom stereocenters. The van der Waals surface area contributed by atoms with E-state index in [9.17, 15) is 4.79 Å². The highest BCUT2D eigenvalue weighted by Crippen LogP contribution is 2.26. The lowest BCUT2D eigenvalue weighted by Crippen LogP contribution is -2.36. The molecule has 1 fully saturated rings.